The fraction of sp³-hybridized carbons (Fsp3) is 0.545. The van der Waals surface area contributed by atoms with Gasteiger partial charge in [-0.1, -0.05) is 0 Å². The lowest BCUT2D eigenvalue weighted by Gasteiger charge is -2.31. The average molecular weight is 207 g/mol. The number of hydrogen-bond donors (Lipinski definition) is 2. The SMILES string of the molecule is C[C@H]1CN(CC(=O)c2ccc[nH]2)CCN1. The molecule has 1 aromatic rings. The van der Waals surface area contributed by atoms with Gasteiger partial charge >= 0.3 is 0 Å². The van der Waals surface area contributed by atoms with Gasteiger partial charge in [0.25, 0.3) is 0 Å². The van der Waals surface area contributed by atoms with Crippen LogP contribution in [0.4, 0.5) is 0 Å². The fourth-order valence-corrected chi connectivity index (χ4v) is 1.95. The van der Waals surface area contributed by atoms with Crippen LogP contribution in [0, 0.1) is 0 Å². The van der Waals surface area contributed by atoms with Gasteiger partial charge in [0.05, 0.1) is 12.2 Å². The second kappa shape index (κ2) is 4.59. The molecule has 0 bridgehead atoms. The van der Waals surface area contributed by atoms with E-state index in [0.717, 1.165) is 19.6 Å². The molecular formula is C11H17N3O. The van der Waals surface area contributed by atoms with Gasteiger partial charge < -0.3 is 10.3 Å². The number of piperazine rings is 1. The summed E-state index contributed by atoms with van der Waals surface area (Å²) in [6.45, 7) is 5.54. The van der Waals surface area contributed by atoms with Crippen LogP contribution < -0.4 is 5.32 Å². The van der Waals surface area contributed by atoms with Crippen molar-refractivity contribution in [2.75, 3.05) is 26.2 Å². The third kappa shape index (κ3) is 2.67. The topological polar surface area (TPSA) is 48.1 Å². The number of rotatable bonds is 3. The number of nitrogens with one attached hydrogen (secondary N) is 2. The molecule has 0 aromatic carbocycles. The second-order valence-electron chi connectivity index (χ2n) is 4.10. The Bertz CT molecular complexity index is 321. The summed E-state index contributed by atoms with van der Waals surface area (Å²) in [4.78, 5) is 16.9. The van der Waals surface area contributed by atoms with Crippen molar-refractivity contribution in [3.63, 3.8) is 0 Å². The van der Waals surface area contributed by atoms with Crippen molar-refractivity contribution in [1.29, 1.82) is 0 Å². The zero-order chi connectivity index (χ0) is 10.7. The lowest BCUT2D eigenvalue weighted by Crippen LogP contribution is -2.50. The molecule has 15 heavy (non-hydrogen) atoms. The van der Waals surface area contributed by atoms with Crippen LogP contribution in [0.25, 0.3) is 0 Å². The van der Waals surface area contributed by atoms with Crippen LogP contribution in [0.3, 0.4) is 0 Å². The number of ketones is 1. The molecule has 0 amide bonds. The van der Waals surface area contributed by atoms with E-state index in [2.05, 4.69) is 22.1 Å². The first-order valence-electron chi connectivity index (χ1n) is 5.38. The van der Waals surface area contributed by atoms with Gasteiger partial charge in [-0.25, -0.2) is 0 Å². The van der Waals surface area contributed by atoms with Crippen molar-refractivity contribution in [2.24, 2.45) is 0 Å². The number of nitrogens with zero attached hydrogens (tertiary/aromatic N) is 1. The molecule has 2 N–H and O–H groups in total. The number of aromatic amines is 1. The maximum atomic E-state index is 11.8. The molecule has 0 spiro atoms. The summed E-state index contributed by atoms with van der Waals surface area (Å²) in [5.41, 5.74) is 0.709. The van der Waals surface area contributed by atoms with E-state index in [1.807, 2.05) is 12.1 Å². The smallest absolute Gasteiger partial charge is 0.192 e. The molecule has 0 unspecified atom stereocenters. The summed E-state index contributed by atoms with van der Waals surface area (Å²) in [5.74, 6) is 0.175. The minimum Gasteiger partial charge on any atom is -0.359 e. The van der Waals surface area contributed by atoms with E-state index in [4.69, 9.17) is 0 Å². The standard InChI is InChI=1S/C11H17N3O/c1-9-7-14(6-5-12-9)8-11(15)10-3-2-4-13-10/h2-4,9,12-13H,5-8H2,1H3/t9-/m0/s1. The van der Waals surface area contributed by atoms with Crippen molar-refractivity contribution in [2.45, 2.75) is 13.0 Å². The molecular weight excluding hydrogens is 190 g/mol. The highest BCUT2D eigenvalue weighted by Gasteiger charge is 2.18. The Morgan fingerprint density at radius 2 is 2.53 bits per heavy atom. The molecule has 1 aromatic heterocycles. The van der Waals surface area contributed by atoms with Gasteiger partial charge in [-0.2, -0.15) is 0 Å². The lowest BCUT2D eigenvalue weighted by molar-refractivity contribution is 0.0904. The Hall–Kier alpha value is -1.13. The molecule has 1 saturated heterocycles. The van der Waals surface area contributed by atoms with Crippen molar-refractivity contribution in [3.8, 4) is 0 Å². The Labute approximate surface area is 89.7 Å². The van der Waals surface area contributed by atoms with Gasteiger partial charge in [-0.15, -0.1) is 0 Å². The summed E-state index contributed by atoms with van der Waals surface area (Å²) in [5, 5.41) is 3.36. The van der Waals surface area contributed by atoms with Crippen LogP contribution in [0.5, 0.6) is 0 Å². The summed E-state index contributed by atoms with van der Waals surface area (Å²) >= 11 is 0. The highest BCUT2D eigenvalue weighted by atomic mass is 16.1. The Balaban J connectivity index is 1.89. The normalized spacial score (nSPS) is 22.9. The fourth-order valence-electron chi connectivity index (χ4n) is 1.95. The first-order chi connectivity index (χ1) is 7.25. The molecule has 0 aliphatic carbocycles. The van der Waals surface area contributed by atoms with Crippen LogP contribution in [-0.4, -0.2) is 47.9 Å². The first-order valence-corrected chi connectivity index (χ1v) is 5.38. The van der Waals surface area contributed by atoms with Crippen LogP contribution >= 0.6 is 0 Å². The third-order valence-corrected chi connectivity index (χ3v) is 2.72. The molecule has 1 aliphatic heterocycles. The molecule has 4 heteroatoms. The molecule has 1 aliphatic rings. The van der Waals surface area contributed by atoms with Crippen molar-refractivity contribution >= 4 is 5.78 Å². The van der Waals surface area contributed by atoms with E-state index in [0.29, 0.717) is 18.3 Å². The second-order valence-corrected chi connectivity index (χ2v) is 4.10. The van der Waals surface area contributed by atoms with E-state index in [1.165, 1.54) is 0 Å². The number of carbonyl (C=O) groups is 1. The highest BCUT2D eigenvalue weighted by molar-refractivity contribution is 5.95. The van der Waals surface area contributed by atoms with Gasteiger partial charge in [0, 0.05) is 31.9 Å². The highest BCUT2D eigenvalue weighted by Crippen LogP contribution is 2.02. The Kier molecular flexibility index (Phi) is 3.18. The monoisotopic (exact) mass is 207 g/mol. The first kappa shape index (κ1) is 10.4. The third-order valence-electron chi connectivity index (χ3n) is 2.72. The molecule has 82 valence electrons. The number of hydrogen-bond acceptors (Lipinski definition) is 3. The zero-order valence-corrected chi connectivity index (χ0v) is 8.99. The van der Waals surface area contributed by atoms with Gasteiger partial charge in [0.15, 0.2) is 5.78 Å². The van der Waals surface area contributed by atoms with Gasteiger partial charge in [0.1, 0.15) is 0 Å². The number of H-pyrrole nitrogens is 1. The van der Waals surface area contributed by atoms with E-state index in [9.17, 15) is 4.79 Å². The van der Waals surface area contributed by atoms with Crippen molar-refractivity contribution < 1.29 is 4.79 Å². The average Bonchev–Trinajstić information content (AvgIpc) is 2.70. The van der Waals surface area contributed by atoms with Crippen LogP contribution in [0.1, 0.15) is 17.4 Å². The molecule has 0 radical (unpaired) electrons. The minimum absolute atomic E-state index is 0.175. The van der Waals surface area contributed by atoms with Crippen molar-refractivity contribution in [3.05, 3.63) is 24.0 Å². The van der Waals surface area contributed by atoms with E-state index < -0.39 is 0 Å². The van der Waals surface area contributed by atoms with Gasteiger partial charge in [-0.05, 0) is 19.1 Å². The zero-order valence-electron chi connectivity index (χ0n) is 8.99. The maximum absolute atomic E-state index is 11.8. The number of aromatic nitrogens is 1. The molecule has 4 nitrogen and oxygen atoms in total. The quantitative estimate of drug-likeness (QED) is 0.709. The van der Waals surface area contributed by atoms with Gasteiger partial charge in [0.2, 0.25) is 0 Å². The van der Waals surface area contributed by atoms with Crippen LogP contribution in [-0.2, 0) is 0 Å². The van der Waals surface area contributed by atoms with Crippen LogP contribution in [0.2, 0.25) is 0 Å². The summed E-state index contributed by atoms with van der Waals surface area (Å²) in [7, 11) is 0. The number of carbonyl (C=O) groups excluding carboxylic acids is 1. The predicted molar refractivity (Wildman–Crippen MR) is 59.0 cm³/mol. The summed E-state index contributed by atoms with van der Waals surface area (Å²) in [6, 6.07) is 4.16. The Morgan fingerprint density at radius 1 is 1.67 bits per heavy atom. The largest absolute Gasteiger partial charge is 0.359 e. The molecule has 1 atom stereocenters. The number of Topliss-reactive ketones (excluding diaryl/α,β-unsaturated/α-hetero) is 1. The molecule has 2 rings (SSSR count). The molecule has 2 heterocycles. The van der Waals surface area contributed by atoms with Crippen LogP contribution in [0.15, 0.2) is 18.3 Å². The minimum atomic E-state index is 0.175. The Morgan fingerprint density at radius 3 is 3.20 bits per heavy atom. The lowest BCUT2D eigenvalue weighted by atomic mass is 10.2. The van der Waals surface area contributed by atoms with E-state index in [-0.39, 0.29) is 5.78 Å². The molecule has 1 fully saturated rings. The summed E-state index contributed by atoms with van der Waals surface area (Å²) in [6.07, 6.45) is 1.79. The van der Waals surface area contributed by atoms with Gasteiger partial charge in [-0.3, -0.25) is 9.69 Å². The molecule has 0 saturated carbocycles. The summed E-state index contributed by atoms with van der Waals surface area (Å²) < 4.78 is 0. The van der Waals surface area contributed by atoms with Crippen molar-refractivity contribution in [1.82, 2.24) is 15.2 Å². The maximum Gasteiger partial charge on any atom is 0.192 e. The van der Waals surface area contributed by atoms with E-state index >= 15 is 0 Å². The van der Waals surface area contributed by atoms with E-state index in [1.54, 1.807) is 6.20 Å². The predicted octanol–water partition coefficient (Wildman–Crippen LogP) is 0.491.